The molecule has 1 heteroatoms. The standard InChI is InChI=1S/C12H16S/c1-2-3-4-5-6-10-9-11-7-8-12(10)13-11/h7-9H,2-6H2,1H3. The van der Waals surface area contributed by atoms with E-state index in [0.29, 0.717) is 0 Å². The molecule has 0 unspecified atom stereocenters. The molecule has 2 heterocycles. The van der Waals surface area contributed by atoms with Crippen LogP contribution in [-0.4, -0.2) is 0 Å². The Bertz CT molecular complexity index is 348. The Morgan fingerprint density at radius 2 is 2.08 bits per heavy atom. The summed E-state index contributed by atoms with van der Waals surface area (Å²) in [6, 6.07) is 6.83. The summed E-state index contributed by atoms with van der Waals surface area (Å²) in [6.45, 7) is 2.26. The predicted molar refractivity (Wildman–Crippen MR) is 60.9 cm³/mol. The van der Waals surface area contributed by atoms with Gasteiger partial charge in [0.25, 0.3) is 0 Å². The van der Waals surface area contributed by atoms with Crippen molar-refractivity contribution >= 4 is 20.7 Å². The number of thiophene rings is 2. The molecule has 0 fully saturated rings. The SMILES string of the molecule is CCCCCCc1cc2ccc1s2. The van der Waals surface area contributed by atoms with Crippen molar-refractivity contribution in [2.75, 3.05) is 0 Å². The van der Waals surface area contributed by atoms with Crippen LogP contribution >= 0.6 is 11.3 Å². The monoisotopic (exact) mass is 192 g/mol. The van der Waals surface area contributed by atoms with Crippen molar-refractivity contribution in [1.82, 2.24) is 0 Å². The third-order valence-electron chi connectivity index (χ3n) is 2.56. The highest BCUT2D eigenvalue weighted by molar-refractivity contribution is 7.24. The number of aryl methyl sites for hydroxylation is 1. The molecular formula is C12H16S. The third kappa shape index (κ3) is 2.02. The summed E-state index contributed by atoms with van der Waals surface area (Å²) in [4.78, 5) is 0. The molecule has 0 atom stereocenters. The number of benzene rings is 1. The summed E-state index contributed by atoms with van der Waals surface area (Å²) in [5, 5.41) is 0. The largest absolute Gasteiger partial charge is 0.136 e. The van der Waals surface area contributed by atoms with Gasteiger partial charge in [-0.15, -0.1) is 11.3 Å². The van der Waals surface area contributed by atoms with Crippen molar-refractivity contribution in [1.29, 1.82) is 0 Å². The van der Waals surface area contributed by atoms with E-state index in [1.54, 1.807) is 5.56 Å². The van der Waals surface area contributed by atoms with Crippen LogP contribution in [0.5, 0.6) is 0 Å². The minimum Gasteiger partial charge on any atom is -0.136 e. The van der Waals surface area contributed by atoms with Crippen LogP contribution in [0, 0.1) is 0 Å². The summed E-state index contributed by atoms with van der Waals surface area (Å²) in [5.74, 6) is 0. The van der Waals surface area contributed by atoms with Crippen LogP contribution in [0.15, 0.2) is 18.2 Å². The minimum absolute atomic E-state index is 1.29. The van der Waals surface area contributed by atoms with Gasteiger partial charge in [0, 0.05) is 9.40 Å². The highest BCUT2D eigenvalue weighted by Gasteiger charge is 2.03. The average molecular weight is 192 g/mol. The number of rotatable bonds is 5. The highest BCUT2D eigenvalue weighted by Crippen LogP contribution is 2.29. The molecule has 0 N–H and O–H groups in total. The van der Waals surface area contributed by atoms with Gasteiger partial charge in [-0.1, -0.05) is 26.2 Å². The Morgan fingerprint density at radius 3 is 2.69 bits per heavy atom. The summed E-state index contributed by atoms with van der Waals surface area (Å²) < 4.78 is 2.95. The second kappa shape index (κ2) is 4.10. The van der Waals surface area contributed by atoms with E-state index in [4.69, 9.17) is 0 Å². The Hall–Kier alpha value is -0.560. The molecule has 0 aromatic carbocycles. The van der Waals surface area contributed by atoms with E-state index in [1.807, 2.05) is 11.3 Å². The van der Waals surface area contributed by atoms with E-state index in [9.17, 15) is 0 Å². The van der Waals surface area contributed by atoms with E-state index >= 15 is 0 Å². The van der Waals surface area contributed by atoms with Crippen LogP contribution in [0.3, 0.4) is 0 Å². The molecule has 0 radical (unpaired) electrons. The van der Waals surface area contributed by atoms with Gasteiger partial charge in [0.2, 0.25) is 0 Å². The smallest absolute Gasteiger partial charge is 0.0309 e. The average Bonchev–Trinajstić information content (AvgIpc) is 2.73. The Labute approximate surface area is 83.9 Å². The van der Waals surface area contributed by atoms with Gasteiger partial charge in [0.15, 0.2) is 0 Å². The zero-order valence-electron chi connectivity index (χ0n) is 8.18. The van der Waals surface area contributed by atoms with Gasteiger partial charge in [-0.2, -0.15) is 0 Å². The van der Waals surface area contributed by atoms with E-state index < -0.39 is 0 Å². The second-order valence-corrected chi connectivity index (χ2v) is 4.80. The number of fused-ring (bicyclic) bond motifs is 2. The van der Waals surface area contributed by atoms with Gasteiger partial charge in [-0.3, -0.25) is 0 Å². The molecule has 2 bridgehead atoms. The zero-order valence-corrected chi connectivity index (χ0v) is 8.99. The fourth-order valence-corrected chi connectivity index (χ4v) is 2.80. The third-order valence-corrected chi connectivity index (χ3v) is 3.67. The number of hydrogen-bond acceptors (Lipinski definition) is 1. The van der Waals surface area contributed by atoms with Gasteiger partial charge in [-0.25, -0.2) is 0 Å². The lowest BCUT2D eigenvalue weighted by Gasteiger charge is -1.98. The molecule has 0 aliphatic carbocycles. The molecule has 13 heavy (non-hydrogen) atoms. The van der Waals surface area contributed by atoms with E-state index in [2.05, 4.69) is 25.1 Å². The molecule has 0 aliphatic heterocycles. The molecule has 2 aromatic heterocycles. The van der Waals surface area contributed by atoms with E-state index in [-0.39, 0.29) is 0 Å². The maximum Gasteiger partial charge on any atom is 0.0309 e. The highest BCUT2D eigenvalue weighted by atomic mass is 32.1. The first-order chi connectivity index (χ1) is 6.40. The van der Waals surface area contributed by atoms with Crippen LogP contribution in [-0.2, 0) is 6.42 Å². The second-order valence-electron chi connectivity index (χ2n) is 3.68. The van der Waals surface area contributed by atoms with Crippen molar-refractivity contribution in [2.24, 2.45) is 0 Å². The van der Waals surface area contributed by atoms with Gasteiger partial charge >= 0.3 is 0 Å². The van der Waals surface area contributed by atoms with Gasteiger partial charge in [0.1, 0.15) is 0 Å². The first-order valence-electron chi connectivity index (χ1n) is 5.21. The lowest BCUT2D eigenvalue weighted by atomic mass is 10.1. The Morgan fingerprint density at radius 1 is 1.15 bits per heavy atom. The molecule has 0 spiro atoms. The van der Waals surface area contributed by atoms with Crippen LogP contribution < -0.4 is 0 Å². The molecule has 70 valence electrons. The molecule has 2 rings (SSSR count). The Kier molecular flexibility index (Phi) is 2.84. The van der Waals surface area contributed by atoms with Crippen LogP contribution in [0.4, 0.5) is 0 Å². The fraction of sp³-hybridized carbons (Fsp3) is 0.500. The first-order valence-corrected chi connectivity index (χ1v) is 6.02. The maximum absolute atomic E-state index is 2.35. The number of hydrogen-bond donors (Lipinski definition) is 0. The maximum atomic E-state index is 2.35. The van der Waals surface area contributed by atoms with Crippen molar-refractivity contribution in [3.05, 3.63) is 23.8 Å². The fourth-order valence-electron chi connectivity index (χ4n) is 1.78. The molecule has 0 saturated carbocycles. The zero-order chi connectivity index (χ0) is 9.10. The van der Waals surface area contributed by atoms with Crippen molar-refractivity contribution in [3.63, 3.8) is 0 Å². The topological polar surface area (TPSA) is 0 Å². The molecule has 0 aliphatic rings. The minimum atomic E-state index is 1.29. The van der Waals surface area contributed by atoms with Crippen LogP contribution in [0.25, 0.3) is 9.40 Å². The van der Waals surface area contributed by atoms with Crippen molar-refractivity contribution < 1.29 is 0 Å². The normalized spacial score (nSPS) is 11.5. The Balaban J connectivity index is 1.85. The lowest BCUT2D eigenvalue weighted by Crippen LogP contribution is -1.83. The summed E-state index contributed by atoms with van der Waals surface area (Å²) in [7, 11) is 0. The van der Waals surface area contributed by atoms with E-state index in [1.165, 1.54) is 41.5 Å². The summed E-state index contributed by atoms with van der Waals surface area (Å²) >= 11 is 1.93. The molecule has 0 nitrogen and oxygen atoms in total. The van der Waals surface area contributed by atoms with Crippen molar-refractivity contribution in [2.45, 2.75) is 39.0 Å². The summed E-state index contributed by atoms with van der Waals surface area (Å²) in [5.41, 5.74) is 1.58. The van der Waals surface area contributed by atoms with Crippen LogP contribution in [0.1, 0.15) is 38.2 Å². The van der Waals surface area contributed by atoms with Crippen molar-refractivity contribution in [3.8, 4) is 0 Å². The molecule has 2 aromatic rings. The lowest BCUT2D eigenvalue weighted by molar-refractivity contribution is 0.668. The first kappa shape index (κ1) is 9.01. The molecule has 0 amide bonds. The number of unbranched alkanes of at least 4 members (excludes halogenated alkanes) is 3. The quantitative estimate of drug-likeness (QED) is 0.613. The molecular weight excluding hydrogens is 176 g/mol. The predicted octanol–water partition coefficient (Wildman–Crippen LogP) is 4.46. The van der Waals surface area contributed by atoms with Gasteiger partial charge in [0.05, 0.1) is 0 Å². The summed E-state index contributed by atoms with van der Waals surface area (Å²) in [6.07, 6.45) is 6.77. The van der Waals surface area contributed by atoms with Crippen LogP contribution in [0.2, 0.25) is 0 Å². The molecule has 0 saturated heterocycles. The van der Waals surface area contributed by atoms with Gasteiger partial charge in [-0.05, 0) is 36.6 Å². The van der Waals surface area contributed by atoms with E-state index in [0.717, 1.165) is 0 Å². The van der Waals surface area contributed by atoms with Gasteiger partial charge < -0.3 is 0 Å².